The van der Waals surface area contributed by atoms with Crippen LogP contribution in [0.25, 0.3) is 11.3 Å². The van der Waals surface area contributed by atoms with Crippen molar-refractivity contribution in [1.29, 1.82) is 0 Å². The van der Waals surface area contributed by atoms with Crippen LogP contribution in [-0.4, -0.2) is 23.9 Å². The van der Waals surface area contributed by atoms with E-state index < -0.39 is 0 Å². The highest BCUT2D eigenvalue weighted by Crippen LogP contribution is 2.39. The topological polar surface area (TPSA) is 52.0 Å². The van der Waals surface area contributed by atoms with Crippen molar-refractivity contribution in [2.24, 2.45) is 0 Å². The van der Waals surface area contributed by atoms with Gasteiger partial charge in [-0.25, -0.2) is 0 Å². The van der Waals surface area contributed by atoms with Gasteiger partial charge in [-0.2, -0.15) is 0 Å². The van der Waals surface area contributed by atoms with Crippen molar-refractivity contribution in [3.63, 3.8) is 0 Å². The number of aromatic nitrogens is 1. The molecule has 0 aliphatic heterocycles. The second-order valence-electron chi connectivity index (χ2n) is 3.53. The maximum atomic E-state index is 5.57. The van der Waals surface area contributed by atoms with E-state index in [2.05, 4.69) is 36.1 Å². The number of thioether (sulfide) groups is 3. The number of hydrogen-bond donors (Lipinski definition) is 1. The molecule has 0 unspecified atom stereocenters. The molecule has 1 heterocycles. The number of anilines is 1. The lowest BCUT2D eigenvalue weighted by atomic mass is 10.1. The monoisotopic (exact) mass is 298 g/mol. The number of nitrogens with zero attached hydrogens (tertiary/aromatic N) is 1. The molecule has 0 amide bonds. The Morgan fingerprint density at radius 1 is 1.00 bits per heavy atom. The van der Waals surface area contributed by atoms with Crippen molar-refractivity contribution in [2.75, 3.05) is 24.5 Å². The molecule has 2 aromatic rings. The Labute approximate surface area is 119 Å². The first-order valence-electron chi connectivity index (χ1n) is 5.22. The van der Waals surface area contributed by atoms with E-state index in [1.807, 2.05) is 0 Å². The third-order valence-electron chi connectivity index (χ3n) is 2.49. The lowest BCUT2D eigenvalue weighted by Gasteiger charge is -2.11. The fourth-order valence-corrected chi connectivity index (χ4v) is 4.32. The van der Waals surface area contributed by atoms with Crippen molar-refractivity contribution < 1.29 is 4.52 Å². The quantitative estimate of drug-likeness (QED) is 0.858. The van der Waals surface area contributed by atoms with E-state index >= 15 is 0 Å². The van der Waals surface area contributed by atoms with E-state index in [1.165, 1.54) is 14.7 Å². The zero-order chi connectivity index (χ0) is 13.1. The lowest BCUT2D eigenvalue weighted by molar-refractivity contribution is 0.439. The molecule has 2 N–H and O–H groups in total. The highest BCUT2D eigenvalue weighted by Gasteiger charge is 2.12. The normalized spacial score (nSPS) is 10.8. The molecule has 18 heavy (non-hydrogen) atoms. The van der Waals surface area contributed by atoms with Crippen LogP contribution in [-0.2, 0) is 0 Å². The third kappa shape index (κ3) is 2.65. The summed E-state index contributed by atoms with van der Waals surface area (Å²) in [4.78, 5) is 3.83. The van der Waals surface area contributed by atoms with Crippen LogP contribution in [0.3, 0.4) is 0 Å². The predicted molar refractivity (Wildman–Crippen MR) is 81.7 cm³/mol. The summed E-state index contributed by atoms with van der Waals surface area (Å²) in [7, 11) is 0. The summed E-state index contributed by atoms with van der Waals surface area (Å²) in [6, 6.07) is 6.02. The summed E-state index contributed by atoms with van der Waals surface area (Å²) >= 11 is 5.25. The fourth-order valence-electron chi connectivity index (χ4n) is 1.65. The van der Waals surface area contributed by atoms with Gasteiger partial charge in [0, 0.05) is 26.3 Å². The number of benzene rings is 1. The Morgan fingerprint density at radius 3 is 2.00 bits per heavy atom. The van der Waals surface area contributed by atoms with Gasteiger partial charge in [0.15, 0.2) is 0 Å². The Morgan fingerprint density at radius 2 is 1.61 bits per heavy atom. The van der Waals surface area contributed by atoms with Crippen molar-refractivity contribution in [2.45, 2.75) is 14.7 Å². The Bertz CT molecular complexity index is 529. The Kier molecular flexibility index (Phi) is 4.53. The van der Waals surface area contributed by atoms with Crippen molar-refractivity contribution in [1.82, 2.24) is 5.16 Å². The zero-order valence-electron chi connectivity index (χ0n) is 10.4. The molecule has 0 aliphatic carbocycles. The third-order valence-corrected chi connectivity index (χ3v) is 5.12. The van der Waals surface area contributed by atoms with Crippen LogP contribution >= 0.6 is 35.3 Å². The molecule has 1 aromatic heterocycles. The van der Waals surface area contributed by atoms with Gasteiger partial charge in [0.05, 0.1) is 0 Å². The van der Waals surface area contributed by atoms with Gasteiger partial charge in [0.25, 0.3) is 0 Å². The highest BCUT2D eigenvalue weighted by molar-refractivity contribution is 8.03. The first-order valence-corrected chi connectivity index (χ1v) is 8.89. The minimum atomic E-state index is 0.343. The summed E-state index contributed by atoms with van der Waals surface area (Å²) in [5.74, 6) is 0.343. The molecule has 0 atom stereocenters. The van der Waals surface area contributed by atoms with Crippen LogP contribution in [0.1, 0.15) is 0 Å². The second kappa shape index (κ2) is 5.95. The van der Waals surface area contributed by atoms with Crippen LogP contribution in [0.15, 0.2) is 37.4 Å². The van der Waals surface area contributed by atoms with Crippen molar-refractivity contribution in [3.8, 4) is 11.3 Å². The van der Waals surface area contributed by atoms with Gasteiger partial charge in [-0.05, 0) is 30.9 Å². The molecule has 96 valence electrons. The first kappa shape index (κ1) is 13.7. The zero-order valence-corrected chi connectivity index (χ0v) is 12.8. The minimum Gasteiger partial charge on any atom is -0.368 e. The van der Waals surface area contributed by atoms with Crippen LogP contribution in [0.4, 0.5) is 5.88 Å². The fraction of sp³-hybridized carbons (Fsp3) is 0.250. The average Bonchev–Trinajstić information content (AvgIpc) is 2.83. The van der Waals surface area contributed by atoms with E-state index in [1.54, 1.807) is 41.4 Å². The predicted octanol–water partition coefficient (Wildman–Crippen LogP) is 4.09. The number of nitrogens with two attached hydrogens (primary N) is 1. The van der Waals surface area contributed by atoms with E-state index in [-0.39, 0.29) is 0 Å². The number of nitrogen functional groups attached to an aromatic ring is 1. The molecular weight excluding hydrogens is 284 g/mol. The first-order chi connectivity index (χ1) is 8.69. The summed E-state index contributed by atoms with van der Waals surface area (Å²) in [5, 5.41) is 3.97. The average molecular weight is 298 g/mol. The lowest BCUT2D eigenvalue weighted by Crippen LogP contribution is -1.86. The van der Waals surface area contributed by atoms with Gasteiger partial charge >= 0.3 is 0 Å². The molecule has 0 radical (unpaired) electrons. The number of rotatable bonds is 4. The Hall–Kier alpha value is -0.720. The molecule has 0 saturated carbocycles. The summed E-state index contributed by atoms with van der Waals surface area (Å²) in [5.41, 5.74) is 7.40. The molecule has 0 aliphatic rings. The molecule has 2 rings (SSSR count). The van der Waals surface area contributed by atoms with E-state index in [0.29, 0.717) is 5.88 Å². The van der Waals surface area contributed by atoms with E-state index in [9.17, 15) is 0 Å². The maximum Gasteiger partial charge on any atom is 0.222 e. The van der Waals surface area contributed by atoms with Gasteiger partial charge in [0.2, 0.25) is 5.88 Å². The van der Waals surface area contributed by atoms with E-state index in [0.717, 1.165) is 11.3 Å². The molecule has 3 nitrogen and oxygen atoms in total. The highest BCUT2D eigenvalue weighted by atomic mass is 32.2. The molecule has 0 saturated heterocycles. The van der Waals surface area contributed by atoms with Crippen LogP contribution < -0.4 is 5.73 Å². The van der Waals surface area contributed by atoms with Gasteiger partial charge in [-0.1, -0.05) is 5.16 Å². The van der Waals surface area contributed by atoms with E-state index in [4.69, 9.17) is 10.3 Å². The van der Waals surface area contributed by atoms with Crippen molar-refractivity contribution in [3.05, 3.63) is 18.2 Å². The molecule has 0 bridgehead atoms. The number of hydrogen-bond acceptors (Lipinski definition) is 6. The smallest absolute Gasteiger partial charge is 0.222 e. The Balaban J connectivity index is 2.56. The van der Waals surface area contributed by atoms with Gasteiger partial charge in [0.1, 0.15) is 5.69 Å². The van der Waals surface area contributed by atoms with Gasteiger partial charge in [-0.3, -0.25) is 0 Å². The maximum absolute atomic E-state index is 5.57. The summed E-state index contributed by atoms with van der Waals surface area (Å²) in [6.45, 7) is 0. The van der Waals surface area contributed by atoms with Gasteiger partial charge < -0.3 is 10.3 Å². The van der Waals surface area contributed by atoms with Gasteiger partial charge in [-0.15, -0.1) is 35.3 Å². The molecular formula is C12H14N2OS3. The largest absolute Gasteiger partial charge is 0.368 e. The molecule has 1 aromatic carbocycles. The van der Waals surface area contributed by atoms with Crippen LogP contribution in [0, 0.1) is 0 Å². The van der Waals surface area contributed by atoms with Crippen molar-refractivity contribution >= 4 is 41.2 Å². The van der Waals surface area contributed by atoms with Crippen LogP contribution in [0.2, 0.25) is 0 Å². The summed E-state index contributed by atoms with van der Waals surface area (Å²) in [6.07, 6.45) is 6.27. The molecule has 6 heteroatoms. The van der Waals surface area contributed by atoms with Crippen LogP contribution in [0.5, 0.6) is 0 Å². The summed E-state index contributed by atoms with van der Waals surface area (Å²) < 4.78 is 4.93. The SMILES string of the molecule is CSc1cc(-c2cc(N)on2)cc(SC)c1SC. The second-order valence-corrected chi connectivity index (χ2v) is 6.04. The molecule has 0 spiro atoms. The molecule has 0 fully saturated rings. The standard InChI is InChI=1S/C12H14N2OS3/c1-16-9-4-7(8-6-11(13)15-14-8)5-10(17-2)12(9)18-3/h4-6H,13H2,1-3H3. The minimum absolute atomic E-state index is 0.343.